The largest absolute Gasteiger partial charge is 0.396 e. The van der Waals surface area contributed by atoms with Gasteiger partial charge in [0.15, 0.2) is 0 Å². The fourth-order valence-electron chi connectivity index (χ4n) is 1.46. The van der Waals surface area contributed by atoms with Gasteiger partial charge in [-0.25, -0.2) is 17.5 Å². The van der Waals surface area contributed by atoms with E-state index in [1.54, 1.807) is 6.92 Å². The van der Waals surface area contributed by atoms with E-state index in [9.17, 15) is 17.6 Å². The molecule has 0 atom stereocenters. The number of likely N-dealkylation sites (N-methyl/N-ethyl adjacent to an activating group) is 1. The standard InChI is InChI=1S/C11H16FN3O3S/c1-3-14-11(16)6-15-19(17,18)10-5-9(13)8(12)4-7(10)2/h4-5,15H,3,6,13H2,1-2H3,(H,14,16). The molecule has 6 nitrogen and oxygen atoms in total. The molecule has 1 aromatic carbocycles. The predicted molar refractivity (Wildman–Crippen MR) is 69.4 cm³/mol. The van der Waals surface area contributed by atoms with E-state index in [1.807, 2.05) is 0 Å². The van der Waals surface area contributed by atoms with Crippen molar-refractivity contribution in [3.63, 3.8) is 0 Å². The second-order valence-electron chi connectivity index (χ2n) is 3.92. The highest BCUT2D eigenvalue weighted by Crippen LogP contribution is 2.21. The summed E-state index contributed by atoms with van der Waals surface area (Å²) in [6.45, 7) is 3.19. The Hall–Kier alpha value is -1.67. The van der Waals surface area contributed by atoms with Crippen LogP contribution in [-0.2, 0) is 14.8 Å². The van der Waals surface area contributed by atoms with Crippen LogP contribution in [0.4, 0.5) is 10.1 Å². The molecule has 0 aliphatic heterocycles. The first-order chi connectivity index (χ1) is 8.77. The molecule has 0 spiro atoms. The van der Waals surface area contributed by atoms with E-state index in [1.165, 1.54) is 6.92 Å². The van der Waals surface area contributed by atoms with Crippen molar-refractivity contribution in [2.24, 2.45) is 0 Å². The maximum absolute atomic E-state index is 13.2. The smallest absolute Gasteiger partial charge is 0.241 e. The second-order valence-corrected chi connectivity index (χ2v) is 5.65. The number of carbonyl (C=O) groups is 1. The third kappa shape index (κ3) is 3.90. The lowest BCUT2D eigenvalue weighted by Gasteiger charge is -2.10. The molecule has 106 valence electrons. The molecule has 0 aliphatic carbocycles. The number of carbonyl (C=O) groups excluding carboxylic acids is 1. The monoisotopic (exact) mass is 289 g/mol. The number of aryl methyl sites for hydroxylation is 1. The van der Waals surface area contributed by atoms with Gasteiger partial charge in [0.25, 0.3) is 0 Å². The number of nitrogen functional groups attached to an aromatic ring is 1. The molecule has 0 radical (unpaired) electrons. The zero-order valence-corrected chi connectivity index (χ0v) is 11.5. The van der Waals surface area contributed by atoms with Gasteiger partial charge >= 0.3 is 0 Å². The Labute approximate surface area is 111 Å². The summed E-state index contributed by atoms with van der Waals surface area (Å²) in [6, 6.07) is 2.07. The molecule has 4 N–H and O–H groups in total. The van der Waals surface area contributed by atoms with E-state index < -0.39 is 21.7 Å². The summed E-state index contributed by atoms with van der Waals surface area (Å²) >= 11 is 0. The molecule has 1 amide bonds. The number of benzene rings is 1. The van der Waals surface area contributed by atoms with Crippen molar-refractivity contribution in [1.29, 1.82) is 0 Å². The predicted octanol–water partition coefficient (Wildman–Crippen LogP) is 0.131. The molecule has 1 aromatic rings. The van der Waals surface area contributed by atoms with Crippen LogP contribution in [0.15, 0.2) is 17.0 Å². The van der Waals surface area contributed by atoms with Gasteiger partial charge in [-0.15, -0.1) is 0 Å². The van der Waals surface area contributed by atoms with E-state index in [0.29, 0.717) is 6.54 Å². The minimum Gasteiger partial charge on any atom is -0.396 e. The lowest BCUT2D eigenvalue weighted by atomic mass is 10.2. The average Bonchev–Trinajstić information content (AvgIpc) is 2.31. The molecule has 0 aromatic heterocycles. The van der Waals surface area contributed by atoms with E-state index in [2.05, 4.69) is 10.0 Å². The van der Waals surface area contributed by atoms with Crippen molar-refractivity contribution >= 4 is 21.6 Å². The Kier molecular flexibility index (Phi) is 4.84. The number of anilines is 1. The first kappa shape index (κ1) is 15.4. The molecule has 0 unspecified atom stereocenters. The molecule has 0 saturated carbocycles. The Morgan fingerprint density at radius 3 is 2.63 bits per heavy atom. The number of halogens is 1. The Morgan fingerprint density at radius 2 is 2.05 bits per heavy atom. The van der Waals surface area contributed by atoms with Gasteiger partial charge in [-0.2, -0.15) is 0 Å². The van der Waals surface area contributed by atoms with Gasteiger partial charge in [-0.05, 0) is 31.5 Å². The van der Waals surface area contributed by atoms with Crippen molar-refractivity contribution < 1.29 is 17.6 Å². The molecular weight excluding hydrogens is 273 g/mol. The fraction of sp³-hybridized carbons (Fsp3) is 0.364. The van der Waals surface area contributed by atoms with Crippen molar-refractivity contribution in [2.75, 3.05) is 18.8 Å². The number of amides is 1. The molecule has 19 heavy (non-hydrogen) atoms. The molecule has 0 fully saturated rings. The van der Waals surface area contributed by atoms with E-state index in [0.717, 1.165) is 12.1 Å². The van der Waals surface area contributed by atoms with Gasteiger partial charge in [-0.1, -0.05) is 0 Å². The van der Waals surface area contributed by atoms with Gasteiger partial charge in [0.05, 0.1) is 17.1 Å². The van der Waals surface area contributed by atoms with Crippen LogP contribution in [0, 0.1) is 12.7 Å². The number of nitrogens with two attached hydrogens (primary N) is 1. The number of hydrogen-bond donors (Lipinski definition) is 3. The first-order valence-corrected chi connectivity index (χ1v) is 7.08. The molecule has 0 saturated heterocycles. The fourth-order valence-corrected chi connectivity index (χ4v) is 2.70. The van der Waals surface area contributed by atoms with Crippen molar-refractivity contribution in [3.8, 4) is 0 Å². The summed E-state index contributed by atoms with van der Waals surface area (Å²) < 4.78 is 39.2. The van der Waals surface area contributed by atoms with Gasteiger partial charge < -0.3 is 11.1 Å². The maximum atomic E-state index is 13.2. The van der Waals surface area contributed by atoms with Gasteiger partial charge in [0, 0.05) is 6.54 Å². The van der Waals surface area contributed by atoms with Crippen molar-refractivity contribution in [3.05, 3.63) is 23.5 Å². The second kappa shape index (κ2) is 5.98. The van der Waals surface area contributed by atoms with Gasteiger partial charge in [0.2, 0.25) is 15.9 Å². The molecule has 1 rings (SSSR count). The molecule has 0 heterocycles. The molecule has 0 aliphatic rings. The summed E-state index contributed by atoms with van der Waals surface area (Å²) in [5, 5.41) is 2.45. The normalized spacial score (nSPS) is 11.3. The van der Waals surface area contributed by atoms with Crippen LogP contribution in [-0.4, -0.2) is 27.4 Å². The summed E-state index contributed by atoms with van der Waals surface area (Å²) in [4.78, 5) is 11.1. The first-order valence-electron chi connectivity index (χ1n) is 5.60. The quantitative estimate of drug-likeness (QED) is 0.671. The van der Waals surface area contributed by atoms with E-state index in [4.69, 9.17) is 5.73 Å². The van der Waals surface area contributed by atoms with Crippen molar-refractivity contribution in [1.82, 2.24) is 10.0 Å². The lowest BCUT2D eigenvalue weighted by molar-refractivity contribution is -0.119. The Morgan fingerprint density at radius 1 is 1.42 bits per heavy atom. The average molecular weight is 289 g/mol. The third-order valence-corrected chi connectivity index (χ3v) is 3.92. The summed E-state index contributed by atoms with van der Waals surface area (Å²) in [5.74, 6) is -1.13. The molecular formula is C11H16FN3O3S. The maximum Gasteiger partial charge on any atom is 0.241 e. The van der Waals surface area contributed by atoms with Gasteiger partial charge in [0.1, 0.15) is 5.82 Å². The minimum atomic E-state index is -3.90. The number of rotatable bonds is 5. The lowest BCUT2D eigenvalue weighted by Crippen LogP contribution is -2.37. The third-order valence-electron chi connectivity index (χ3n) is 2.38. The molecule has 0 bridgehead atoms. The minimum absolute atomic E-state index is 0.143. The topological polar surface area (TPSA) is 101 Å². The zero-order chi connectivity index (χ0) is 14.6. The Bertz CT molecular complexity index is 587. The van der Waals surface area contributed by atoms with Crippen LogP contribution in [0.2, 0.25) is 0 Å². The summed E-state index contributed by atoms with van der Waals surface area (Å²) in [7, 11) is -3.90. The number of sulfonamides is 1. The van der Waals surface area contributed by atoms with Crippen LogP contribution in [0.1, 0.15) is 12.5 Å². The van der Waals surface area contributed by atoms with Gasteiger partial charge in [-0.3, -0.25) is 4.79 Å². The summed E-state index contributed by atoms with van der Waals surface area (Å²) in [6.07, 6.45) is 0. The highest BCUT2D eigenvalue weighted by atomic mass is 32.2. The number of nitrogens with one attached hydrogen (secondary N) is 2. The van der Waals surface area contributed by atoms with E-state index in [-0.39, 0.29) is 22.7 Å². The number of hydrogen-bond acceptors (Lipinski definition) is 4. The van der Waals surface area contributed by atoms with Crippen LogP contribution in [0.5, 0.6) is 0 Å². The highest BCUT2D eigenvalue weighted by Gasteiger charge is 2.19. The van der Waals surface area contributed by atoms with Crippen LogP contribution >= 0.6 is 0 Å². The molecule has 8 heteroatoms. The zero-order valence-electron chi connectivity index (χ0n) is 10.7. The van der Waals surface area contributed by atoms with Crippen LogP contribution < -0.4 is 15.8 Å². The van der Waals surface area contributed by atoms with Crippen molar-refractivity contribution in [2.45, 2.75) is 18.7 Å². The SMILES string of the molecule is CCNC(=O)CNS(=O)(=O)c1cc(N)c(F)cc1C. The van der Waals surface area contributed by atoms with Crippen LogP contribution in [0.25, 0.3) is 0 Å². The highest BCUT2D eigenvalue weighted by molar-refractivity contribution is 7.89. The Balaban J connectivity index is 2.95. The van der Waals surface area contributed by atoms with E-state index >= 15 is 0 Å². The summed E-state index contributed by atoms with van der Waals surface area (Å²) in [5.41, 5.74) is 5.30. The van der Waals surface area contributed by atoms with Crippen LogP contribution in [0.3, 0.4) is 0 Å².